The van der Waals surface area contributed by atoms with E-state index in [0.29, 0.717) is 19.6 Å². The normalized spacial score (nSPS) is 35.5. The number of aliphatic hydroxyl groups is 1. The number of nitrogens with zero attached hydrogens (tertiary/aromatic N) is 1. The second kappa shape index (κ2) is 5.44. The van der Waals surface area contributed by atoms with E-state index < -0.39 is 24.1 Å². The molecule has 0 aromatic carbocycles. The number of aliphatic hydroxyl groups excluding tert-OH is 1. The first-order chi connectivity index (χ1) is 8.18. The van der Waals surface area contributed by atoms with Crippen LogP contribution in [0.4, 0.5) is 0 Å². The van der Waals surface area contributed by atoms with Gasteiger partial charge in [-0.1, -0.05) is 0 Å². The summed E-state index contributed by atoms with van der Waals surface area (Å²) in [6.07, 6.45) is -2.91. The van der Waals surface area contributed by atoms with Crippen LogP contribution in [0.15, 0.2) is 0 Å². The fourth-order valence-corrected chi connectivity index (χ4v) is 1.77. The molecule has 2 saturated heterocycles. The topological polar surface area (TPSA) is 85.3 Å². The van der Waals surface area contributed by atoms with Crippen LogP contribution in [0.1, 0.15) is 0 Å². The molecule has 96 valence electrons. The Labute approximate surface area is 98.2 Å². The van der Waals surface area contributed by atoms with Crippen molar-refractivity contribution < 1.29 is 28.9 Å². The average molecular weight is 245 g/mol. The molecule has 0 saturated carbocycles. The second-order valence-electron chi connectivity index (χ2n) is 3.91. The highest BCUT2D eigenvalue weighted by Gasteiger charge is 2.37. The summed E-state index contributed by atoms with van der Waals surface area (Å²) in [5.74, 6) is -1.58. The second-order valence-corrected chi connectivity index (χ2v) is 3.91. The number of rotatable bonds is 0. The molecule has 2 fully saturated rings. The predicted molar refractivity (Wildman–Crippen MR) is 54.1 cm³/mol. The van der Waals surface area contributed by atoms with Gasteiger partial charge in [0, 0.05) is 19.6 Å². The standard InChI is InChI=1S/C10H15NO6/c12-7-8-10(14)17-6-3-11(1-4-15-8)2-5-16-9(7)13/h7-8,12H,1-6H2. The molecule has 0 spiro atoms. The van der Waals surface area contributed by atoms with Gasteiger partial charge in [-0.25, -0.2) is 9.59 Å². The van der Waals surface area contributed by atoms with Crippen molar-refractivity contribution in [3.05, 3.63) is 0 Å². The number of hydrogen-bond donors (Lipinski definition) is 1. The van der Waals surface area contributed by atoms with Crippen molar-refractivity contribution in [1.82, 2.24) is 4.90 Å². The number of esters is 2. The van der Waals surface area contributed by atoms with E-state index in [2.05, 4.69) is 0 Å². The van der Waals surface area contributed by atoms with Gasteiger partial charge in [0.05, 0.1) is 6.61 Å². The molecule has 2 bridgehead atoms. The monoisotopic (exact) mass is 245 g/mol. The van der Waals surface area contributed by atoms with Crippen molar-refractivity contribution in [2.75, 3.05) is 39.5 Å². The SMILES string of the molecule is O=C1OCCN2CCOC(=O)C(OCC2)C1O. The van der Waals surface area contributed by atoms with E-state index in [1.807, 2.05) is 4.90 Å². The van der Waals surface area contributed by atoms with Crippen LogP contribution >= 0.6 is 0 Å². The zero-order valence-corrected chi connectivity index (χ0v) is 9.33. The molecule has 2 heterocycles. The summed E-state index contributed by atoms with van der Waals surface area (Å²) in [5, 5.41) is 9.66. The minimum atomic E-state index is -1.62. The minimum absolute atomic E-state index is 0.191. The Morgan fingerprint density at radius 2 is 1.59 bits per heavy atom. The zero-order chi connectivity index (χ0) is 12.3. The summed E-state index contributed by atoms with van der Waals surface area (Å²) in [4.78, 5) is 25.0. The molecule has 3 atom stereocenters. The molecule has 1 N–H and O–H groups in total. The third kappa shape index (κ3) is 2.93. The van der Waals surface area contributed by atoms with Gasteiger partial charge < -0.3 is 19.3 Å². The summed E-state index contributed by atoms with van der Waals surface area (Å²) in [5.41, 5.74) is 0. The number of cyclic esters (lactones) is 2. The van der Waals surface area contributed by atoms with Crippen molar-refractivity contribution in [2.45, 2.75) is 12.2 Å². The molecule has 2 rings (SSSR count). The van der Waals surface area contributed by atoms with Gasteiger partial charge in [0.2, 0.25) is 0 Å². The zero-order valence-electron chi connectivity index (χ0n) is 9.33. The van der Waals surface area contributed by atoms with Crippen molar-refractivity contribution in [2.24, 2.45) is 0 Å². The van der Waals surface area contributed by atoms with Crippen LogP contribution in [0.25, 0.3) is 0 Å². The first-order valence-corrected chi connectivity index (χ1v) is 5.54. The lowest BCUT2D eigenvalue weighted by atomic mass is 10.2. The molecule has 2 aliphatic heterocycles. The van der Waals surface area contributed by atoms with Crippen molar-refractivity contribution in [3.63, 3.8) is 0 Å². The van der Waals surface area contributed by atoms with E-state index in [0.717, 1.165) is 0 Å². The predicted octanol–water partition coefficient (Wildman–Crippen LogP) is -1.85. The van der Waals surface area contributed by atoms with Gasteiger partial charge >= 0.3 is 11.9 Å². The largest absolute Gasteiger partial charge is 0.462 e. The number of hydrogen-bond acceptors (Lipinski definition) is 7. The summed E-state index contributed by atoms with van der Waals surface area (Å²) < 4.78 is 15.0. The molecular weight excluding hydrogens is 230 g/mol. The van der Waals surface area contributed by atoms with E-state index in [9.17, 15) is 14.7 Å². The van der Waals surface area contributed by atoms with Crippen LogP contribution in [0, 0.1) is 0 Å². The average Bonchev–Trinajstić information content (AvgIpc) is 2.38. The van der Waals surface area contributed by atoms with E-state index in [1.165, 1.54) is 0 Å². The fourth-order valence-electron chi connectivity index (χ4n) is 1.77. The molecule has 0 aromatic heterocycles. The molecule has 3 unspecified atom stereocenters. The number of carbonyl (C=O) groups excluding carboxylic acids is 2. The Balaban J connectivity index is 2.18. The quantitative estimate of drug-likeness (QED) is 0.501. The molecule has 0 amide bonds. The van der Waals surface area contributed by atoms with E-state index in [1.54, 1.807) is 0 Å². The van der Waals surface area contributed by atoms with Crippen LogP contribution < -0.4 is 0 Å². The van der Waals surface area contributed by atoms with Crippen LogP contribution in [0.5, 0.6) is 0 Å². The lowest BCUT2D eigenvalue weighted by Crippen LogP contribution is -2.45. The molecule has 17 heavy (non-hydrogen) atoms. The van der Waals surface area contributed by atoms with E-state index >= 15 is 0 Å². The van der Waals surface area contributed by atoms with Gasteiger partial charge in [0.1, 0.15) is 13.2 Å². The van der Waals surface area contributed by atoms with Crippen LogP contribution in [-0.4, -0.2) is 73.6 Å². The third-order valence-electron chi connectivity index (χ3n) is 2.77. The third-order valence-corrected chi connectivity index (χ3v) is 2.77. The summed E-state index contributed by atoms with van der Waals surface area (Å²) in [6, 6.07) is 0. The Kier molecular flexibility index (Phi) is 3.93. The smallest absolute Gasteiger partial charge is 0.338 e. The highest BCUT2D eigenvalue weighted by molar-refractivity contribution is 5.85. The van der Waals surface area contributed by atoms with Crippen LogP contribution in [0.2, 0.25) is 0 Å². The first-order valence-electron chi connectivity index (χ1n) is 5.54. The van der Waals surface area contributed by atoms with Crippen LogP contribution in [-0.2, 0) is 23.8 Å². The highest BCUT2D eigenvalue weighted by Crippen LogP contribution is 2.09. The van der Waals surface area contributed by atoms with Crippen molar-refractivity contribution in [3.8, 4) is 0 Å². The molecular formula is C10H15NO6. The Morgan fingerprint density at radius 3 is 2.29 bits per heavy atom. The van der Waals surface area contributed by atoms with E-state index in [-0.39, 0.29) is 19.8 Å². The molecule has 0 radical (unpaired) electrons. The lowest BCUT2D eigenvalue weighted by molar-refractivity contribution is -0.177. The summed E-state index contributed by atoms with van der Waals surface area (Å²) >= 11 is 0. The highest BCUT2D eigenvalue weighted by atomic mass is 16.6. The molecule has 7 heteroatoms. The molecule has 2 aliphatic rings. The molecule has 7 nitrogen and oxygen atoms in total. The maximum Gasteiger partial charge on any atom is 0.338 e. The fraction of sp³-hybridized carbons (Fsp3) is 0.800. The van der Waals surface area contributed by atoms with Crippen molar-refractivity contribution in [1.29, 1.82) is 0 Å². The maximum absolute atomic E-state index is 11.6. The Hall–Kier alpha value is -1.18. The summed E-state index contributed by atoms with van der Waals surface area (Å²) in [7, 11) is 0. The van der Waals surface area contributed by atoms with Gasteiger partial charge in [-0.15, -0.1) is 0 Å². The van der Waals surface area contributed by atoms with Gasteiger partial charge in [0.25, 0.3) is 0 Å². The number of carbonyl (C=O) groups is 2. The Bertz CT molecular complexity index is 307. The summed E-state index contributed by atoms with van der Waals surface area (Å²) in [6.45, 7) is 2.39. The molecule has 0 aliphatic carbocycles. The number of fused-ring (bicyclic) bond motifs is 4. The number of ether oxygens (including phenoxy) is 3. The van der Waals surface area contributed by atoms with Gasteiger partial charge in [-0.05, 0) is 0 Å². The minimum Gasteiger partial charge on any atom is -0.462 e. The van der Waals surface area contributed by atoms with E-state index in [4.69, 9.17) is 14.2 Å². The van der Waals surface area contributed by atoms with Crippen molar-refractivity contribution >= 4 is 11.9 Å². The Morgan fingerprint density at radius 1 is 1.00 bits per heavy atom. The van der Waals surface area contributed by atoms with Crippen LogP contribution in [0.3, 0.4) is 0 Å². The lowest BCUT2D eigenvalue weighted by Gasteiger charge is -2.23. The molecule has 0 aromatic rings. The maximum atomic E-state index is 11.6. The first kappa shape index (κ1) is 12.3. The van der Waals surface area contributed by atoms with Gasteiger partial charge in [-0.2, -0.15) is 0 Å². The van der Waals surface area contributed by atoms with Gasteiger partial charge in [-0.3, -0.25) is 4.90 Å². The van der Waals surface area contributed by atoms with Gasteiger partial charge in [0.15, 0.2) is 12.2 Å².